The van der Waals surface area contributed by atoms with Crippen LogP contribution in [0.3, 0.4) is 0 Å². The van der Waals surface area contributed by atoms with E-state index >= 15 is 0 Å². The number of ether oxygens (including phenoxy) is 2. The summed E-state index contributed by atoms with van der Waals surface area (Å²) in [4.78, 5) is 23.6. The Bertz CT molecular complexity index is 536. The summed E-state index contributed by atoms with van der Waals surface area (Å²) in [5.41, 5.74) is -1.85. The molecule has 2 saturated carbocycles. The molecule has 0 aromatic rings. The second-order valence-corrected chi connectivity index (χ2v) is 7.63. The van der Waals surface area contributed by atoms with Crippen molar-refractivity contribution in [3.05, 3.63) is 12.2 Å². The summed E-state index contributed by atoms with van der Waals surface area (Å²) in [6, 6.07) is 0. The molecule has 6 unspecified atom stereocenters. The van der Waals surface area contributed by atoms with Gasteiger partial charge in [-0.15, -0.1) is 0 Å². The minimum absolute atomic E-state index is 0.192. The lowest BCUT2D eigenvalue weighted by molar-refractivity contribution is -0.212. The number of carbonyl (C=O) groups is 2. The molecule has 0 radical (unpaired) electrons. The van der Waals surface area contributed by atoms with Crippen LogP contribution in [0.25, 0.3) is 0 Å². The van der Waals surface area contributed by atoms with Crippen molar-refractivity contribution >= 4 is 11.9 Å². The fourth-order valence-corrected chi connectivity index (χ4v) is 4.52. The lowest BCUT2D eigenvalue weighted by Crippen LogP contribution is -2.61. The number of aliphatic hydroxyl groups is 2. The highest BCUT2D eigenvalue weighted by atomic mass is 16.6. The van der Waals surface area contributed by atoms with E-state index in [1.54, 1.807) is 13.8 Å². The smallest absolute Gasteiger partial charge is 0.333 e. The summed E-state index contributed by atoms with van der Waals surface area (Å²) in [5.74, 6) is -1.88. The summed E-state index contributed by atoms with van der Waals surface area (Å²) < 4.78 is 10.3. The van der Waals surface area contributed by atoms with Gasteiger partial charge >= 0.3 is 11.9 Å². The Balaban J connectivity index is 2.45. The lowest BCUT2D eigenvalue weighted by atomic mass is 9.54. The van der Waals surface area contributed by atoms with Crippen LogP contribution in [0.1, 0.15) is 46.5 Å². The summed E-state index contributed by atoms with van der Waals surface area (Å²) in [6.45, 7) is 8.57. The highest BCUT2D eigenvalue weighted by Gasteiger charge is 2.58. The molecule has 0 aromatic carbocycles. The third-order valence-electron chi connectivity index (χ3n) is 5.80. The molecule has 0 aliphatic heterocycles. The highest BCUT2D eigenvalue weighted by molar-refractivity contribution is 5.88. The molecular weight excluding hydrogens is 312 g/mol. The second-order valence-electron chi connectivity index (χ2n) is 7.63. The first-order valence-electron chi connectivity index (χ1n) is 8.40. The number of esters is 2. The zero-order valence-corrected chi connectivity index (χ0v) is 14.9. The molecule has 0 amide bonds. The lowest BCUT2D eigenvalue weighted by Gasteiger charge is -2.55. The molecule has 2 fully saturated rings. The first kappa shape index (κ1) is 18.9. The topological polar surface area (TPSA) is 93.1 Å². The van der Waals surface area contributed by atoms with Crippen LogP contribution < -0.4 is 0 Å². The van der Waals surface area contributed by atoms with Gasteiger partial charge in [0.05, 0.1) is 18.3 Å². The van der Waals surface area contributed by atoms with Gasteiger partial charge in [0.25, 0.3) is 0 Å². The third kappa shape index (κ3) is 3.35. The molecular formula is C18H28O6. The van der Waals surface area contributed by atoms with Gasteiger partial charge in [0.2, 0.25) is 0 Å². The Hall–Kier alpha value is -1.40. The Labute approximate surface area is 142 Å². The first-order chi connectivity index (χ1) is 11.0. The zero-order valence-electron chi connectivity index (χ0n) is 14.9. The van der Waals surface area contributed by atoms with E-state index in [2.05, 4.69) is 6.58 Å². The van der Waals surface area contributed by atoms with E-state index in [1.807, 2.05) is 0 Å². The minimum Gasteiger partial charge on any atom is -0.466 e. The minimum atomic E-state index is -1.21. The molecule has 0 heterocycles. The van der Waals surface area contributed by atoms with Gasteiger partial charge in [0.1, 0.15) is 6.10 Å². The van der Waals surface area contributed by atoms with E-state index < -0.39 is 29.2 Å². The van der Waals surface area contributed by atoms with Crippen molar-refractivity contribution < 1.29 is 29.3 Å². The predicted molar refractivity (Wildman–Crippen MR) is 86.9 cm³/mol. The second kappa shape index (κ2) is 6.48. The number of hydrogen-bond acceptors (Lipinski definition) is 6. The van der Waals surface area contributed by atoms with Crippen LogP contribution in [0.4, 0.5) is 0 Å². The van der Waals surface area contributed by atoms with Crippen LogP contribution >= 0.6 is 0 Å². The molecule has 0 saturated heterocycles. The van der Waals surface area contributed by atoms with Gasteiger partial charge < -0.3 is 19.7 Å². The number of hydrogen-bond donors (Lipinski definition) is 2. The third-order valence-corrected chi connectivity index (χ3v) is 5.80. The van der Waals surface area contributed by atoms with Crippen LogP contribution in [-0.4, -0.2) is 46.6 Å². The molecule has 2 N–H and O–H groups in total. The molecule has 136 valence electrons. The Morgan fingerprint density at radius 3 is 2.25 bits per heavy atom. The van der Waals surface area contributed by atoms with Crippen LogP contribution in [-0.2, 0) is 19.1 Å². The Kier molecular flexibility index (Phi) is 5.11. The summed E-state index contributed by atoms with van der Waals surface area (Å²) in [6.07, 6.45) is 1.25. The number of rotatable bonds is 3. The van der Waals surface area contributed by atoms with E-state index in [4.69, 9.17) is 9.47 Å². The van der Waals surface area contributed by atoms with Crippen LogP contribution in [0, 0.1) is 17.8 Å². The molecule has 6 heteroatoms. The zero-order chi connectivity index (χ0) is 18.3. The predicted octanol–water partition coefficient (Wildman–Crippen LogP) is 1.59. The van der Waals surface area contributed by atoms with Gasteiger partial charge in [-0.3, -0.25) is 4.79 Å². The fourth-order valence-electron chi connectivity index (χ4n) is 4.52. The number of carbonyl (C=O) groups excluding carboxylic acids is 2. The standard InChI is InChI=1S/C18H28O6/c1-10(16(20)23-5)12-6-8-17(3,21)13-7-9-18(4,22)15(14(12)13)24-11(2)19/h12-15,21-22H,1,6-9H2,2-5H3. The summed E-state index contributed by atoms with van der Waals surface area (Å²) in [7, 11) is 1.30. The van der Waals surface area contributed by atoms with Gasteiger partial charge in [-0.25, -0.2) is 4.79 Å². The molecule has 6 nitrogen and oxygen atoms in total. The average Bonchev–Trinajstić information content (AvgIpc) is 2.48. The quantitative estimate of drug-likeness (QED) is 0.599. The van der Waals surface area contributed by atoms with Crippen molar-refractivity contribution in [2.75, 3.05) is 7.11 Å². The van der Waals surface area contributed by atoms with E-state index in [0.717, 1.165) is 0 Å². The summed E-state index contributed by atoms with van der Waals surface area (Å²) in [5, 5.41) is 21.6. The Morgan fingerprint density at radius 1 is 1.12 bits per heavy atom. The van der Waals surface area contributed by atoms with Gasteiger partial charge in [0.15, 0.2) is 0 Å². The normalized spacial score (nSPS) is 41.9. The molecule has 0 bridgehead atoms. The monoisotopic (exact) mass is 340 g/mol. The molecule has 0 spiro atoms. The fraction of sp³-hybridized carbons (Fsp3) is 0.778. The highest BCUT2D eigenvalue weighted by Crippen LogP contribution is 2.53. The van der Waals surface area contributed by atoms with E-state index in [-0.39, 0.29) is 17.8 Å². The molecule has 2 rings (SSSR count). The maximum atomic E-state index is 12.0. The number of fused-ring (bicyclic) bond motifs is 1. The van der Waals surface area contributed by atoms with E-state index in [1.165, 1.54) is 14.0 Å². The SMILES string of the molecule is C=C(C(=O)OC)C1CCC(C)(O)C2CCC(C)(O)C(OC(C)=O)C12. The van der Waals surface area contributed by atoms with Crippen molar-refractivity contribution in [1.29, 1.82) is 0 Å². The largest absolute Gasteiger partial charge is 0.466 e. The average molecular weight is 340 g/mol. The summed E-state index contributed by atoms with van der Waals surface area (Å²) >= 11 is 0. The maximum absolute atomic E-state index is 12.0. The molecule has 2 aliphatic carbocycles. The van der Waals surface area contributed by atoms with Crippen LogP contribution in [0.15, 0.2) is 12.2 Å². The van der Waals surface area contributed by atoms with E-state index in [0.29, 0.717) is 31.3 Å². The van der Waals surface area contributed by atoms with Crippen LogP contribution in [0.2, 0.25) is 0 Å². The van der Waals surface area contributed by atoms with Crippen molar-refractivity contribution in [1.82, 2.24) is 0 Å². The van der Waals surface area contributed by atoms with Crippen molar-refractivity contribution in [2.24, 2.45) is 17.8 Å². The Morgan fingerprint density at radius 2 is 1.71 bits per heavy atom. The van der Waals surface area contributed by atoms with Gasteiger partial charge in [-0.05, 0) is 51.4 Å². The van der Waals surface area contributed by atoms with E-state index in [9.17, 15) is 19.8 Å². The van der Waals surface area contributed by atoms with Crippen molar-refractivity contribution in [3.8, 4) is 0 Å². The van der Waals surface area contributed by atoms with Crippen molar-refractivity contribution in [2.45, 2.75) is 63.8 Å². The van der Waals surface area contributed by atoms with Gasteiger partial charge in [-0.1, -0.05) is 6.58 Å². The molecule has 2 aliphatic rings. The van der Waals surface area contributed by atoms with Crippen LogP contribution in [0.5, 0.6) is 0 Å². The maximum Gasteiger partial charge on any atom is 0.333 e. The molecule has 24 heavy (non-hydrogen) atoms. The number of methoxy groups -OCH3 is 1. The van der Waals surface area contributed by atoms with Gasteiger partial charge in [-0.2, -0.15) is 0 Å². The molecule has 0 aromatic heterocycles. The first-order valence-corrected chi connectivity index (χ1v) is 8.40. The van der Waals surface area contributed by atoms with Gasteiger partial charge in [0, 0.05) is 18.4 Å². The van der Waals surface area contributed by atoms with Crippen molar-refractivity contribution in [3.63, 3.8) is 0 Å². The molecule has 6 atom stereocenters.